The van der Waals surface area contributed by atoms with E-state index < -0.39 is 12.1 Å². The second-order valence-electron chi connectivity index (χ2n) is 3.62. The third kappa shape index (κ3) is 2.51. The number of benzene rings is 1. The molecule has 5 heteroatoms. The summed E-state index contributed by atoms with van der Waals surface area (Å²) < 4.78 is 1.60. The third-order valence-corrected chi connectivity index (χ3v) is 2.41. The first-order valence-corrected chi connectivity index (χ1v) is 5.17. The Morgan fingerprint density at radius 2 is 2.12 bits per heavy atom. The number of aromatic nitrogens is 2. The third-order valence-electron chi connectivity index (χ3n) is 2.41. The van der Waals surface area contributed by atoms with Crippen LogP contribution in [-0.2, 0) is 4.79 Å². The predicted octanol–water partition coefficient (Wildman–Crippen LogP) is 1.38. The van der Waals surface area contributed by atoms with Gasteiger partial charge in [-0.2, -0.15) is 5.10 Å². The molecule has 2 aromatic rings. The zero-order valence-corrected chi connectivity index (χ0v) is 9.02. The molecule has 0 saturated carbocycles. The number of hydrogen-bond donors (Lipinski definition) is 2. The Labute approximate surface area is 97.9 Å². The molecule has 0 aliphatic carbocycles. The van der Waals surface area contributed by atoms with E-state index in [1.54, 1.807) is 41.3 Å². The van der Waals surface area contributed by atoms with E-state index in [1.807, 2.05) is 6.07 Å². The molecule has 0 unspecified atom stereocenters. The second kappa shape index (κ2) is 4.80. The fourth-order valence-corrected chi connectivity index (χ4v) is 1.66. The number of carboxylic acid groups (broad SMARTS) is 1. The summed E-state index contributed by atoms with van der Waals surface area (Å²) in [6, 6.07) is 8.82. The summed E-state index contributed by atoms with van der Waals surface area (Å²) in [4.78, 5) is 10.6. The second-order valence-corrected chi connectivity index (χ2v) is 3.62. The van der Waals surface area contributed by atoms with Gasteiger partial charge in [0, 0.05) is 18.0 Å². The summed E-state index contributed by atoms with van der Waals surface area (Å²) in [5, 5.41) is 22.6. The number of aliphatic carboxylic acids is 1. The summed E-state index contributed by atoms with van der Waals surface area (Å²) in [5.74, 6) is -1.03. The van der Waals surface area contributed by atoms with Crippen molar-refractivity contribution in [2.45, 2.75) is 12.5 Å². The molecule has 1 heterocycles. The van der Waals surface area contributed by atoms with Crippen molar-refractivity contribution in [3.8, 4) is 5.69 Å². The van der Waals surface area contributed by atoms with Crippen molar-refractivity contribution in [3.63, 3.8) is 0 Å². The average Bonchev–Trinajstić information content (AvgIpc) is 2.81. The molecule has 0 aliphatic heterocycles. The maximum atomic E-state index is 10.6. The van der Waals surface area contributed by atoms with Gasteiger partial charge in [-0.15, -0.1) is 0 Å². The predicted molar refractivity (Wildman–Crippen MR) is 60.8 cm³/mol. The Morgan fingerprint density at radius 1 is 1.35 bits per heavy atom. The minimum Gasteiger partial charge on any atom is -0.481 e. The standard InChI is InChI=1S/C12H12N2O3/c15-11(8-12(16)17)9-4-1-2-5-10(9)14-7-3-6-13-14/h1-7,11,15H,8H2,(H,16,17)/t11-/m1/s1. The minimum atomic E-state index is -1.03. The quantitative estimate of drug-likeness (QED) is 0.835. The molecule has 0 saturated heterocycles. The maximum absolute atomic E-state index is 10.6. The number of carboxylic acids is 1. The molecule has 0 radical (unpaired) electrons. The first-order valence-electron chi connectivity index (χ1n) is 5.17. The van der Waals surface area contributed by atoms with Crippen molar-refractivity contribution in [2.75, 3.05) is 0 Å². The molecule has 1 aromatic carbocycles. The van der Waals surface area contributed by atoms with Crippen LogP contribution in [0.25, 0.3) is 5.69 Å². The van der Waals surface area contributed by atoms with E-state index in [9.17, 15) is 9.90 Å². The van der Waals surface area contributed by atoms with Crippen LogP contribution in [0.2, 0.25) is 0 Å². The highest BCUT2D eigenvalue weighted by atomic mass is 16.4. The lowest BCUT2D eigenvalue weighted by molar-refractivity contribution is -0.139. The molecule has 1 atom stereocenters. The smallest absolute Gasteiger partial charge is 0.306 e. The number of hydrogen-bond acceptors (Lipinski definition) is 3. The molecule has 17 heavy (non-hydrogen) atoms. The molecule has 0 bridgehead atoms. The van der Waals surface area contributed by atoms with Gasteiger partial charge in [0.05, 0.1) is 18.2 Å². The van der Waals surface area contributed by atoms with Crippen LogP contribution in [0.5, 0.6) is 0 Å². The van der Waals surface area contributed by atoms with E-state index in [0.717, 1.165) is 0 Å². The van der Waals surface area contributed by atoms with Gasteiger partial charge in [-0.05, 0) is 12.1 Å². The zero-order chi connectivity index (χ0) is 12.3. The van der Waals surface area contributed by atoms with Crippen molar-refractivity contribution in [3.05, 3.63) is 48.3 Å². The Balaban J connectivity index is 2.37. The number of nitrogens with zero attached hydrogens (tertiary/aromatic N) is 2. The SMILES string of the molecule is O=C(O)C[C@@H](O)c1ccccc1-n1cccn1. The van der Waals surface area contributed by atoms with E-state index in [0.29, 0.717) is 11.3 Å². The number of carbonyl (C=O) groups is 1. The zero-order valence-electron chi connectivity index (χ0n) is 9.02. The van der Waals surface area contributed by atoms with Crippen molar-refractivity contribution < 1.29 is 15.0 Å². The lowest BCUT2D eigenvalue weighted by Gasteiger charge is -2.13. The minimum absolute atomic E-state index is 0.321. The molecular formula is C12H12N2O3. The van der Waals surface area contributed by atoms with Crippen LogP contribution in [0.15, 0.2) is 42.7 Å². The number of aliphatic hydroxyl groups excluding tert-OH is 1. The molecule has 0 amide bonds. The summed E-state index contributed by atoms with van der Waals surface area (Å²) in [6.45, 7) is 0. The molecule has 1 aromatic heterocycles. The lowest BCUT2D eigenvalue weighted by Crippen LogP contribution is -2.09. The first-order chi connectivity index (χ1) is 8.18. The van der Waals surface area contributed by atoms with Gasteiger partial charge in [0.25, 0.3) is 0 Å². The molecule has 0 aliphatic rings. The average molecular weight is 232 g/mol. The van der Waals surface area contributed by atoms with Crippen LogP contribution in [0, 0.1) is 0 Å². The molecule has 2 rings (SSSR count). The maximum Gasteiger partial charge on any atom is 0.306 e. The molecule has 0 spiro atoms. The highest BCUT2D eigenvalue weighted by Crippen LogP contribution is 2.23. The van der Waals surface area contributed by atoms with Crippen LogP contribution >= 0.6 is 0 Å². The molecule has 0 fully saturated rings. The van der Waals surface area contributed by atoms with Crippen LogP contribution in [0.1, 0.15) is 18.1 Å². The van der Waals surface area contributed by atoms with E-state index in [-0.39, 0.29) is 6.42 Å². The van der Waals surface area contributed by atoms with Gasteiger partial charge in [0.1, 0.15) is 0 Å². The number of rotatable bonds is 4. The molecule has 88 valence electrons. The molecular weight excluding hydrogens is 220 g/mol. The van der Waals surface area contributed by atoms with Crippen molar-refractivity contribution in [1.82, 2.24) is 9.78 Å². The van der Waals surface area contributed by atoms with E-state index in [4.69, 9.17) is 5.11 Å². The first kappa shape index (κ1) is 11.3. The van der Waals surface area contributed by atoms with Gasteiger partial charge < -0.3 is 10.2 Å². The largest absolute Gasteiger partial charge is 0.481 e. The Hall–Kier alpha value is -2.14. The van der Waals surface area contributed by atoms with E-state index in [2.05, 4.69) is 5.10 Å². The fraction of sp³-hybridized carbons (Fsp3) is 0.167. The van der Waals surface area contributed by atoms with Crippen molar-refractivity contribution in [1.29, 1.82) is 0 Å². The molecule has 5 nitrogen and oxygen atoms in total. The normalized spacial score (nSPS) is 12.3. The highest BCUT2D eigenvalue weighted by molar-refractivity contribution is 5.68. The Morgan fingerprint density at radius 3 is 2.76 bits per heavy atom. The summed E-state index contributed by atoms with van der Waals surface area (Å²) in [5.41, 5.74) is 1.24. The number of para-hydroxylation sites is 1. The van der Waals surface area contributed by atoms with Gasteiger partial charge in [-0.25, -0.2) is 4.68 Å². The van der Waals surface area contributed by atoms with Gasteiger partial charge in [-0.1, -0.05) is 18.2 Å². The number of aliphatic hydroxyl groups is 1. The van der Waals surface area contributed by atoms with Crippen molar-refractivity contribution >= 4 is 5.97 Å². The van der Waals surface area contributed by atoms with Crippen LogP contribution in [-0.4, -0.2) is 26.0 Å². The lowest BCUT2D eigenvalue weighted by atomic mass is 10.0. The van der Waals surface area contributed by atoms with Gasteiger partial charge in [0.2, 0.25) is 0 Å². The Bertz CT molecular complexity index is 508. The van der Waals surface area contributed by atoms with Gasteiger partial charge >= 0.3 is 5.97 Å². The molecule has 2 N–H and O–H groups in total. The van der Waals surface area contributed by atoms with E-state index in [1.165, 1.54) is 0 Å². The van der Waals surface area contributed by atoms with Gasteiger partial charge in [0.15, 0.2) is 0 Å². The van der Waals surface area contributed by atoms with Gasteiger partial charge in [-0.3, -0.25) is 4.79 Å². The van der Waals surface area contributed by atoms with Crippen molar-refractivity contribution in [2.24, 2.45) is 0 Å². The summed E-state index contributed by atoms with van der Waals surface area (Å²) in [6.07, 6.45) is 2.01. The Kier molecular flexibility index (Phi) is 3.20. The topological polar surface area (TPSA) is 75.3 Å². The van der Waals surface area contributed by atoms with Crippen LogP contribution in [0.3, 0.4) is 0 Å². The fourth-order valence-electron chi connectivity index (χ4n) is 1.66. The summed E-state index contributed by atoms with van der Waals surface area (Å²) >= 11 is 0. The monoisotopic (exact) mass is 232 g/mol. The van der Waals surface area contributed by atoms with E-state index >= 15 is 0 Å². The highest BCUT2D eigenvalue weighted by Gasteiger charge is 2.16. The van der Waals surface area contributed by atoms with Crippen LogP contribution in [0.4, 0.5) is 0 Å². The summed E-state index contributed by atoms with van der Waals surface area (Å²) in [7, 11) is 0. The van der Waals surface area contributed by atoms with Crippen LogP contribution < -0.4 is 0 Å².